The predicted octanol–water partition coefficient (Wildman–Crippen LogP) is 3.04. The number of benzene rings is 2. The highest BCUT2D eigenvalue weighted by Gasteiger charge is 2.10. The Morgan fingerprint density at radius 3 is 1.13 bits per heavy atom. The van der Waals surface area contributed by atoms with Gasteiger partial charge in [-0.25, -0.2) is 0 Å². The number of carbonyl (C=O) groups is 4. The van der Waals surface area contributed by atoms with Gasteiger partial charge in [-0.1, -0.05) is 60.7 Å². The smallest absolute Gasteiger partial charge is 0.170 e. The summed E-state index contributed by atoms with van der Waals surface area (Å²) in [4.78, 5) is 44.4. The Balaban J connectivity index is 0.000000477. The molecule has 8 heteroatoms. The fourth-order valence-electron chi connectivity index (χ4n) is 1.90. The van der Waals surface area contributed by atoms with Gasteiger partial charge in [-0.2, -0.15) is 0 Å². The van der Waals surface area contributed by atoms with Crippen molar-refractivity contribution in [3.8, 4) is 0 Å². The van der Waals surface area contributed by atoms with Crippen molar-refractivity contribution >= 4 is 46.3 Å². The number of alkyl halides is 2. The van der Waals surface area contributed by atoms with E-state index < -0.39 is 0 Å². The van der Waals surface area contributed by atoms with Crippen LogP contribution in [0.5, 0.6) is 0 Å². The highest BCUT2D eigenvalue weighted by molar-refractivity contribution is 6.30. The summed E-state index contributed by atoms with van der Waals surface area (Å²) < 4.78 is 0. The Hall–Kier alpha value is -2.38. The molecular formula is C22H26Cl2N2O4. The van der Waals surface area contributed by atoms with Crippen LogP contribution in [0.4, 0.5) is 0 Å². The highest BCUT2D eigenvalue weighted by Crippen LogP contribution is 2.04. The maximum Gasteiger partial charge on any atom is 0.170 e. The first kappa shape index (κ1) is 27.6. The van der Waals surface area contributed by atoms with E-state index in [4.69, 9.17) is 34.7 Å². The van der Waals surface area contributed by atoms with Gasteiger partial charge in [0.25, 0.3) is 0 Å². The number of nitrogens with two attached hydrogens (primary N) is 2. The molecule has 0 aliphatic rings. The van der Waals surface area contributed by atoms with Gasteiger partial charge in [0, 0.05) is 24.2 Å². The van der Waals surface area contributed by atoms with Gasteiger partial charge in [0.1, 0.15) is 0 Å². The molecule has 2 rings (SSSR count). The molecule has 0 saturated carbocycles. The van der Waals surface area contributed by atoms with Gasteiger partial charge in [-0.05, 0) is 0 Å². The first-order chi connectivity index (χ1) is 14.4. The molecular weight excluding hydrogens is 427 g/mol. The lowest BCUT2D eigenvalue weighted by molar-refractivity contribution is -0.116. The van der Waals surface area contributed by atoms with E-state index in [0.29, 0.717) is 24.2 Å². The van der Waals surface area contributed by atoms with Gasteiger partial charge in [0.15, 0.2) is 23.1 Å². The van der Waals surface area contributed by atoms with Gasteiger partial charge in [-0.15, -0.1) is 23.2 Å². The number of hydrogen-bond acceptors (Lipinski definition) is 6. The molecule has 0 radical (unpaired) electrons. The lowest BCUT2D eigenvalue weighted by Gasteiger charge is -1.97. The van der Waals surface area contributed by atoms with Crippen LogP contribution in [-0.2, 0) is 9.59 Å². The number of Topliss-reactive ketones (excluding diaryl/α,β-unsaturated/α-hetero) is 4. The molecule has 0 saturated heterocycles. The zero-order chi connectivity index (χ0) is 22.8. The molecule has 0 fully saturated rings. The van der Waals surface area contributed by atoms with E-state index in [-0.39, 0.29) is 47.7 Å². The summed E-state index contributed by atoms with van der Waals surface area (Å²) in [6.07, 6.45) is -0.207. The Morgan fingerprint density at radius 2 is 0.900 bits per heavy atom. The number of hydrogen-bond donors (Lipinski definition) is 2. The average Bonchev–Trinajstić information content (AvgIpc) is 2.80. The van der Waals surface area contributed by atoms with Crippen LogP contribution >= 0.6 is 23.2 Å². The quantitative estimate of drug-likeness (QED) is 0.342. The topological polar surface area (TPSA) is 120 Å². The maximum atomic E-state index is 11.3. The Kier molecular flexibility index (Phi) is 16.1. The summed E-state index contributed by atoms with van der Waals surface area (Å²) in [7, 11) is 0. The van der Waals surface area contributed by atoms with E-state index in [0.717, 1.165) is 0 Å². The van der Waals surface area contributed by atoms with Gasteiger partial charge < -0.3 is 11.5 Å². The van der Waals surface area contributed by atoms with Crippen molar-refractivity contribution in [3.05, 3.63) is 71.8 Å². The van der Waals surface area contributed by atoms with Crippen LogP contribution in [0.2, 0.25) is 0 Å². The van der Waals surface area contributed by atoms with Crippen molar-refractivity contribution in [2.45, 2.75) is 12.8 Å². The number of carbonyl (C=O) groups excluding carboxylic acids is 4. The average molecular weight is 453 g/mol. The van der Waals surface area contributed by atoms with Crippen LogP contribution in [0.1, 0.15) is 33.6 Å². The second-order valence-electron chi connectivity index (χ2n) is 5.85. The van der Waals surface area contributed by atoms with Crippen LogP contribution in [0, 0.1) is 0 Å². The van der Waals surface area contributed by atoms with Crippen molar-refractivity contribution in [2.24, 2.45) is 11.5 Å². The molecule has 2 aromatic carbocycles. The highest BCUT2D eigenvalue weighted by atomic mass is 35.5. The Morgan fingerprint density at radius 1 is 0.600 bits per heavy atom. The molecule has 4 N–H and O–H groups in total. The summed E-state index contributed by atoms with van der Waals surface area (Å²) in [6, 6.07) is 17.4. The van der Waals surface area contributed by atoms with Crippen LogP contribution in [0.25, 0.3) is 0 Å². The minimum Gasteiger partial charge on any atom is -0.329 e. The fraction of sp³-hybridized carbons (Fsp3) is 0.273. The second kappa shape index (κ2) is 17.5. The van der Waals surface area contributed by atoms with Crippen molar-refractivity contribution in [1.82, 2.24) is 0 Å². The predicted molar refractivity (Wildman–Crippen MR) is 120 cm³/mol. The second-order valence-corrected chi connectivity index (χ2v) is 6.39. The molecule has 0 unspecified atom stereocenters. The van der Waals surface area contributed by atoms with Gasteiger partial charge >= 0.3 is 0 Å². The molecule has 0 aromatic heterocycles. The lowest BCUT2D eigenvalue weighted by atomic mass is 10.1. The van der Waals surface area contributed by atoms with E-state index >= 15 is 0 Å². The number of rotatable bonds is 9. The summed E-state index contributed by atoms with van der Waals surface area (Å²) >= 11 is 10.6. The normalized spacial score (nSPS) is 9.33. The summed E-state index contributed by atoms with van der Waals surface area (Å²) in [5.74, 6) is -1.03. The minimum absolute atomic E-state index is 0.0986. The van der Waals surface area contributed by atoms with Gasteiger partial charge in [0.05, 0.1) is 24.6 Å². The van der Waals surface area contributed by atoms with E-state index in [1.54, 1.807) is 48.5 Å². The molecule has 162 valence electrons. The van der Waals surface area contributed by atoms with Crippen molar-refractivity contribution in [3.63, 3.8) is 0 Å². The zero-order valence-corrected chi connectivity index (χ0v) is 18.1. The first-order valence-corrected chi connectivity index (χ1v) is 10.2. The third kappa shape index (κ3) is 13.0. The molecule has 6 nitrogen and oxygen atoms in total. The van der Waals surface area contributed by atoms with Gasteiger partial charge in [0.2, 0.25) is 0 Å². The van der Waals surface area contributed by atoms with E-state index in [2.05, 4.69) is 0 Å². The SMILES string of the molecule is NCCN.O=C(CCl)CC(=O)c1ccccc1.O=C(CCl)CC(=O)c1ccccc1. The number of halogens is 2. The van der Waals surface area contributed by atoms with Crippen molar-refractivity contribution in [1.29, 1.82) is 0 Å². The summed E-state index contributed by atoms with van der Waals surface area (Å²) in [5.41, 5.74) is 10.9. The molecule has 0 bridgehead atoms. The molecule has 30 heavy (non-hydrogen) atoms. The van der Waals surface area contributed by atoms with E-state index in [9.17, 15) is 19.2 Å². The summed E-state index contributed by atoms with van der Waals surface area (Å²) in [5, 5.41) is 0. The fourth-order valence-corrected chi connectivity index (χ4v) is 2.09. The molecule has 0 amide bonds. The van der Waals surface area contributed by atoms with Crippen molar-refractivity contribution < 1.29 is 19.2 Å². The number of ketones is 4. The maximum absolute atomic E-state index is 11.3. The Bertz CT molecular complexity index is 717. The van der Waals surface area contributed by atoms with Crippen LogP contribution in [0.3, 0.4) is 0 Å². The largest absolute Gasteiger partial charge is 0.329 e. The monoisotopic (exact) mass is 452 g/mol. The molecule has 0 aliphatic heterocycles. The molecule has 0 aliphatic carbocycles. The minimum atomic E-state index is -0.240. The molecule has 0 spiro atoms. The summed E-state index contributed by atoms with van der Waals surface area (Å²) in [6.45, 7) is 1.19. The lowest BCUT2D eigenvalue weighted by Crippen LogP contribution is -2.11. The van der Waals surface area contributed by atoms with Crippen LogP contribution < -0.4 is 11.5 Å². The molecule has 2 aromatic rings. The zero-order valence-electron chi connectivity index (χ0n) is 16.6. The third-order valence-electron chi connectivity index (χ3n) is 3.37. The Labute approximate surface area is 186 Å². The van der Waals surface area contributed by atoms with E-state index in [1.165, 1.54) is 0 Å². The standard InChI is InChI=1S/2C10H9ClO2.C2H8N2/c2*11-7-9(12)6-10(13)8-4-2-1-3-5-8;3-1-2-4/h2*1-5H,6-7H2;1-4H2. The third-order valence-corrected chi connectivity index (χ3v) is 3.97. The molecule has 0 atom stereocenters. The first-order valence-electron chi connectivity index (χ1n) is 9.11. The van der Waals surface area contributed by atoms with Crippen LogP contribution in [0.15, 0.2) is 60.7 Å². The van der Waals surface area contributed by atoms with Gasteiger partial charge in [-0.3, -0.25) is 19.2 Å². The molecule has 0 heterocycles. The van der Waals surface area contributed by atoms with E-state index in [1.807, 2.05) is 12.1 Å². The van der Waals surface area contributed by atoms with Crippen molar-refractivity contribution in [2.75, 3.05) is 24.8 Å². The van der Waals surface area contributed by atoms with Crippen LogP contribution in [-0.4, -0.2) is 48.0 Å².